The summed E-state index contributed by atoms with van der Waals surface area (Å²) >= 11 is 0. The van der Waals surface area contributed by atoms with E-state index in [2.05, 4.69) is 15.2 Å². The molecule has 12 nitrogen and oxygen atoms in total. The summed E-state index contributed by atoms with van der Waals surface area (Å²) in [6.45, 7) is 5.04. The highest BCUT2D eigenvalue weighted by atomic mass is 32.2. The van der Waals surface area contributed by atoms with Crippen LogP contribution in [0.4, 0.5) is 29.3 Å². The lowest BCUT2D eigenvalue weighted by molar-refractivity contribution is -0.242. The number of sulfonamides is 1. The maximum absolute atomic E-state index is 14.1. The first kappa shape index (κ1) is 31.3. The Labute approximate surface area is 240 Å². The van der Waals surface area contributed by atoms with E-state index in [9.17, 15) is 36.3 Å². The van der Waals surface area contributed by atoms with E-state index in [0.717, 1.165) is 17.1 Å². The number of amides is 1. The number of aliphatic carboxylic acids is 1. The molecule has 16 heteroatoms. The van der Waals surface area contributed by atoms with Gasteiger partial charge in [0, 0.05) is 18.4 Å². The highest BCUT2D eigenvalue weighted by Crippen LogP contribution is 2.44. The van der Waals surface area contributed by atoms with E-state index in [1.54, 1.807) is 13.8 Å². The van der Waals surface area contributed by atoms with Gasteiger partial charge in [0.05, 0.1) is 24.8 Å². The maximum atomic E-state index is 14.1. The fourth-order valence-corrected chi connectivity index (χ4v) is 6.11. The second kappa shape index (κ2) is 11.5. The number of benzene rings is 1. The van der Waals surface area contributed by atoms with Crippen molar-refractivity contribution in [2.45, 2.75) is 76.3 Å². The van der Waals surface area contributed by atoms with E-state index in [4.69, 9.17) is 9.47 Å². The minimum absolute atomic E-state index is 0.0240. The Hall–Kier alpha value is -3.69. The number of hydrogen-bond acceptors (Lipinski definition) is 8. The second-order valence-electron chi connectivity index (χ2n) is 10.6. The average molecular weight is 619 g/mol. The number of carboxylic acids is 1. The number of nitrogens with one attached hydrogen (secondary N) is 1. The molecule has 1 aromatic heterocycles. The van der Waals surface area contributed by atoms with Crippen molar-refractivity contribution in [1.29, 1.82) is 0 Å². The summed E-state index contributed by atoms with van der Waals surface area (Å²) in [6.07, 6.45) is -4.19. The van der Waals surface area contributed by atoms with Gasteiger partial charge in [-0.05, 0) is 71.1 Å². The van der Waals surface area contributed by atoms with Crippen LogP contribution < -0.4 is 19.1 Å². The molecule has 2 N–H and O–H groups in total. The second-order valence-corrected chi connectivity index (χ2v) is 12.4. The zero-order valence-corrected chi connectivity index (χ0v) is 24.3. The molecule has 1 aromatic carbocycles. The third-order valence-electron chi connectivity index (χ3n) is 7.06. The van der Waals surface area contributed by atoms with E-state index in [1.807, 2.05) is 0 Å². The Morgan fingerprint density at radius 3 is 2.50 bits per heavy atom. The lowest BCUT2D eigenvalue weighted by Gasteiger charge is -2.36. The number of fused-ring (bicyclic) bond motifs is 1. The lowest BCUT2D eigenvalue weighted by atomic mass is 9.95. The van der Waals surface area contributed by atoms with Gasteiger partial charge in [0.25, 0.3) is 15.9 Å². The quantitative estimate of drug-likeness (QED) is 0.367. The zero-order valence-electron chi connectivity index (χ0n) is 23.5. The molecule has 232 valence electrons. The summed E-state index contributed by atoms with van der Waals surface area (Å²) in [5, 5.41) is 16.1. The smallest absolute Gasteiger partial charge is 0.427 e. The van der Waals surface area contributed by atoms with Gasteiger partial charge in [0.1, 0.15) is 11.9 Å². The van der Waals surface area contributed by atoms with Gasteiger partial charge in [0.15, 0.2) is 4.90 Å². The number of aryl methyl sites for hydroxylation is 1. The van der Waals surface area contributed by atoms with E-state index in [1.165, 1.54) is 29.1 Å². The minimum Gasteiger partial charge on any atom is -0.486 e. The van der Waals surface area contributed by atoms with Crippen LogP contribution in [0.2, 0.25) is 0 Å². The summed E-state index contributed by atoms with van der Waals surface area (Å²) in [6, 6.07) is 3.88. The first-order chi connectivity index (χ1) is 19.6. The number of nitrogens with zero attached hydrogens (tertiary/aromatic N) is 3. The Balaban J connectivity index is 1.71. The lowest BCUT2D eigenvalue weighted by Crippen LogP contribution is -2.45. The molecule has 1 aliphatic carbocycles. The van der Waals surface area contributed by atoms with Gasteiger partial charge in [-0.3, -0.25) is 19.1 Å². The third kappa shape index (κ3) is 6.52. The Morgan fingerprint density at radius 1 is 1.24 bits per heavy atom. The summed E-state index contributed by atoms with van der Waals surface area (Å²) < 4.78 is 86.3. The van der Waals surface area contributed by atoms with Crippen LogP contribution in [-0.2, 0) is 26.1 Å². The molecule has 0 saturated heterocycles. The molecule has 0 bridgehead atoms. The topological polar surface area (TPSA) is 149 Å². The number of alkyl halides is 3. The minimum atomic E-state index is -4.83. The van der Waals surface area contributed by atoms with Crippen molar-refractivity contribution < 1.29 is 50.5 Å². The molecule has 2 aromatic rings. The molecule has 2 heterocycles. The van der Waals surface area contributed by atoms with Crippen LogP contribution >= 0.6 is 0 Å². The number of halogens is 3. The van der Waals surface area contributed by atoms with Crippen molar-refractivity contribution in [2.24, 2.45) is 11.8 Å². The summed E-state index contributed by atoms with van der Waals surface area (Å²) in [4.78, 5) is 24.0. The number of carbonyl (C=O) groups excluding carboxylic acids is 1. The fourth-order valence-electron chi connectivity index (χ4n) is 4.53. The van der Waals surface area contributed by atoms with Crippen LogP contribution in [0.25, 0.3) is 0 Å². The van der Waals surface area contributed by atoms with Crippen molar-refractivity contribution >= 4 is 33.5 Å². The van der Waals surface area contributed by atoms with Crippen molar-refractivity contribution in [3.8, 4) is 11.6 Å². The number of hydrogen-bond donors (Lipinski definition) is 2. The molecule has 2 atom stereocenters. The van der Waals surface area contributed by atoms with Crippen LogP contribution in [-0.4, -0.2) is 66.4 Å². The normalized spacial score (nSPS) is 18.1. The van der Waals surface area contributed by atoms with Crippen LogP contribution in [0.15, 0.2) is 29.3 Å². The number of carboxylic acid groups (broad SMARTS) is 1. The molecular formula is C26H33F3N4O8S. The fraction of sp³-hybridized carbons (Fsp3) is 0.577. The summed E-state index contributed by atoms with van der Waals surface area (Å²) in [7, 11) is -4.40. The molecule has 42 heavy (non-hydrogen) atoms. The van der Waals surface area contributed by atoms with Gasteiger partial charge in [-0.2, -0.15) is 13.2 Å². The van der Waals surface area contributed by atoms with Gasteiger partial charge in [-0.1, -0.05) is 0 Å². The van der Waals surface area contributed by atoms with E-state index in [0.29, 0.717) is 20.4 Å². The SMILES string of the molecule is CCOc1nn(CC)cc1S(=O)(=O)N1CC(CC(C(=O)O)C2CC2)Oc2ccc(NC(=O)OC(C)(C)C(F)(F)F)cc21. The Morgan fingerprint density at radius 2 is 1.93 bits per heavy atom. The number of aromatic nitrogens is 2. The Kier molecular flexibility index (Phi) is 8.58. The summed E-state index contributed by atoms with van der Waals surface area (Å²) in [5.74, 6) is -1.80. The number of anilines is 2. The maximum Gasteiger partial charge on any atom is 0.427 e. The molecule has 2 aliphatic rings. The summed E-state index contributed by atoms with van der Waals surface area (Å²) in [5.41, 5.74) is -2.87. The van der Waals surface area contributed by atoms with Gasteiger partial charge in [-0.15, -0.1) is 5.10 Å². The molecule has 4 rings (SSSR count). The molecule has 0 spiro atoms. The largest absolute Gasteiger partial charge is 0.486 e. The van der Waals surface area contributed by atoms with E-state index in [-0.39, 0.29) is 53.4 Å². The monoisotopic (exact) mass is 618 g/mol. The Bertz CT molecular complexity index is 1440. The van der Waals surface area contributed by atoms with Crippen molar-refractivity contribution in [3.63, 3.8) is 0 Å². The molecule has 1 aliphatic heterocycles. The van der Waals surface area contributed by atoms with Crippen molar-refractivity contribution in [2.75, 3.05) is 22.8 Å². The third-order valence-corrected chi connectivity index (χ3v) is 8.82. The molecule has 0 radical (unpaired) electrons. The zero-order chi connectivity index (χ0) is 31.0. The highest BCUT2D eigenvalue weighted by molar-refractivity contribution is 7.93. The predicted molar refractivity (Wildman–Crippen MR) is 143 cm³/mol. The standard InChI is InChI=1S/C26H33F3N4O8S/c1-5-32-14-21(22(31-32)39-6-2)42(37,38)33-13-17(12-18(23(34)35)15-7-8-15)40-20-10-9-16(11-19(20)33)30-24(36)41-25(3,4)26(27,28)29/h9-11,14-15,17-18H,5-8,12-13H2,1-4H3,(H,30,36)(H,34,35). The molecule has 2 unspecified atom stereocenters. The number of carbonyl (C=O) groups is 2. The van der Waals surface area contributed by atoms with Crippen LogP contribution in [0.3, 0.4) is 0 Å². The van der Waals surface area contributed by atoms with E-state index < -0.39 is 45.9 Å². The van der Waals surface area contributed by atoms with E-state index >= 15 is 0 Å². The first-order valence-corrected chi connectivity index (χ1v) is 14.8. The molecule has 1 fully saturated rings. The van der Waals surface area contributed by atoms with Gasteiger partial charge >= 0.3 is 18.2 Å². The van der Waals surface area contributed by atoms with Crippen molar-refractivity contribution in [1.82, 2.24) is 9.78 Å². The molecule has 1 saturated carbocycles. The molecule has 1 amide bonds. The van der Waals surface area contributed by atoms with Crippen LogP contribution in [0, 0.1) is 11.8 Å². The highest BCUT2D eigenvalue weighted by Gasteiger charge is 2.51. The van der Waals surface area contributed by atoms with Crippen molar-refractivity contribution in [3.05, 3.63) is 24.4 Å². The molecular weight excluding hydrogens is 585 g/mol. The van der Waals surface area contributed by atoms with Gasteiger partial charge < -0.3 is 19.3 Å². The van der Waals surface area contributed by atoms with Crippen LogP contribution in [0.1, 0.15) is 47.0 Å². The number of ether oxygens (including phenoxy) is 3. The number of rotatable bonds is 11. The van der Waals surface area contributed by atoms with Gasteiger partial charge in [0.2, 0.25) is 5.60 Å². The first-order valence-electron chi connectivity index (χ1n) is 13.4. The van der Waals surface area contributed by atoms with Crippen LogP contribution in [0.5, 0.6) is 11.6 Å². The predicted octanol–water partition coefficient (Wildman–Crippen LogP) is 4.65. The van der Waals surface area contributed by atoms with Gasteiger partial charge in [-0.25, -0.2) is 13.2 Å². The average Bonchev–Trinajstić information content (AvgIpc) is 3.64.